The Morgan fingerprint density at radius 3 is 2.72 bits per heavy atom. The van der Waals surface area contributed by atoms with Gasteiger partial charge in [-0.25, -0.2) is 0 Å². The largest absolute Gasteiger partial charge is 0.487 e. The van der Waals surface area contributed by atoms with Crippen LogP contribution < -0.4 is 10.1 Å². The molecule has 1 fully saturated rings. The Balaban J connectivity index is 2.12. The number of rotatable bonds is 3. The molecule has 2 atom stereocenters. The summed E-state index contributed by atoms with van der Waals surface area (Å²) in [6.45, 7) is 4.61. The fraction of sp³-hybridized carbons (Fsp3) is 0.600. The van der Waals surface area contributed by atoms with Gasteiger partial charge < -0.3 is 10.1 Å². The first-order valence-electron chi connectivity index (χ1n) is 6.60. The van der Waals surface area contributed by atoms with Crippen molar-refractivity contribution in [3.05, 3.63) is 29.3 Å². The fourth-order valence-electron chi connectivity index (χ4n) is 2.68. The zero-order valence-electron chi connectivity index (χ0n) is 11.4. The van der Waals surface area contributed by atoms with E-state index in [9.17, 15) is 0 Å². The first-order valence-corrected chi connectivity index (χ1v) is 6.98. The molecule has 1 aliphatic carbocycles. The third-order valence-corrected chi connectivity index (χ3v) is 4.13. The summed E-state index contributed by atoms with van der Waals surface area (Å²) in [7, 11) is 2.01. The molecule has 0 saturated heterocycles. The monoisotopic (exact) mass is 267 g/mol. The summed E-state index contributed by atoms with van der Waals surface area (Å²) in [5.41, 5.74) is 0.347. The van der Waals surface area contributed by atoms with E-state index < -0.39 is 0 Å². The van der Waals surface area contributed by atoms with E-state index >= 15 is 0 Å². The smallest absolute Gasteiger partial charge is 0.138 e. The van der Waals surface area contributed by atoms with Crippen LogP contribution in [-0.2, 0) is 0 Å². The van der Waals surface area contributed by atoms with Crippen LogP contribution in [0.5, 0.6) is 5.75 Å². The minimum absolute atomic E-state index is 0.193. The highest BCUT2D eigenvalue weighted by atomic mass is 35.5. The van der Waals surface area contributed by atoms with Crippen molar-refractivity contribution in [1.82, 2.24) is 5.32 Å². The minimum atomic E-state index is 0.193. The van der Waals surface area contributed by atoms with Crippen molar-refractivity contribution in [2.45, 2.75) is 45.3 Å². The zero-order chi connectivity index (χ0) is 13.2. The summed E-state index contributed by atoms with van der Waals surface area (Å²) in [6, 6.07) is 8.11. The standard InChI is InChI=1S/C15H22ClNO/c1-15(2)9-8-12(17-3)14(10-15)18-13-7-5-4-6-11(13)16/h4-7,12,14,17H,8-10H2,1-3H3. The van der Waals surface area contributed by atoms with Crippen LogP contribution in [0.25, 0.3) is 0 Å². The Morgan fingerprint density at radius 1 is 1.33 bits per heavy atom. The Hall–Kier alpha value is -0.730. The topological polar surface area (TPSA) is 21.3 Å². The molecule has 0 spiro atoms. The molecule has 1 aromatic rings. The minimum Gasteiger partial charge on any atom is -0.487 e. The van der Waals surface area contributed by atoms with Crippen LogP contribution in [0.3, 0.4) is 0 Å². The lowest BCUT2D eigenvalue weighted by atomic mass is 9.74. The van der Waals surface area contributed by atoms with Crippen molar-refractivity contribution in [2.24, 2.45) is 5.41 Å². The summed E-state index contributed by atoms with van der Waals surface area (Å²) in [4.78, 5) is 0. The Morgan fingerprint density at radius 2 is 2.06 bits per heavy atom. The van der Waals surface area contributed by atoms with Crippen LogP contribution in [-0.4, -0.2) is 19.2 Å². The molecule has 1 aromatic carbocycles. The van der Waals surface area contributed by atoms with Gasteiger partial charge in [-0.2, -0.15) is 0 Å². The number of nitrogens with one attached hydrogen (secondary N) is 1. The highest BCUT2D eigenvalue weighted by molar-refractivity contribution is 6.32. The molecule has 1 saturated carbocycles. The first kappa shape index (κ1) is 13.7. The van der Waals surface area contributed by atoms with Gasteiger partial charge in [0.1, 0.15) is 11.9 Å². The van der Waals surface area contributed by atoms with Gasteiger partial charge in [0.25, 0.3) is 0 Å². The molecule has 0 bridgehead atoms. The number of halogens is 1. The Kier molecular flexibility index (Phi) is 4.18. The first-order chi connectivity index (χ1) is 8.52. The molecule has 1 N–H and O–H groups in total. The SMILES string of the molecule is CNC1CCC(C)(C)CC1Oc1ccccc1Cl. The normalized spacial score (nSPS) is 26.9. The zero-order valence-corrected chi connectivity index (χ0v) is 12.1. The summed E-state index contributed by atoms with van der Waals surface area (Å²) >= 11 is 6.16. The van der Waals surface area contributed by atoms with Crippen molar-refractivity contribution in [3.63, 3.8) is 0 Å². The lowest BCUT2D eigenvalue weighted by Crippen LogP contribution is -2.47. The van der Waals surface area contributed by atoms with E-state index in [4.69, 9.17) is 16.3 Å². The molecule has 100 valence electrons. The number of hydrogen-bond acceptors (Lipinski definition) is 2. The van der Waals surface area contributed by atoms with Gasteiger partial charge in [-0.3, -0.25) is 0 Å². The van der Waals surface area contributed by atoms with E-state index in [-0.39, 0.29) is 6.10 Å². The maximum Gasteiger partial charge on any atom is 0.138 e. The molecule has 0 amide bonds. The number of hydrogen-bond donors (Lipinski definition) is 1. The van der Waals surface area contributed by atoms with E-state index in [0.29, 0.717) is 16.5 Å². The van der Waals surface area contributed by atoms with Gasteiger partial charge in [0.15, 0.2) is 0 Å². The number of ether oxygens (including phenoxy) is 1. The van der Waals surface area contributed by atoms with Crippen LogP contribution in [0.1, 0.15) is 33.1 Å². The highest BCUT2D eigenvalue weighted by Crippen LogP contribution is 2.38. The summed E-state index contributed by atoms with van der Waals surface area (Å²) < 4.78 is 6.13. The maximum atomic E-state index is 6.16. The molecular weight excluding hydrogens is 246 g/mol. The molecule has 0 aliphatic heterocycles. The predicted molar refractivity (Wildman–Crippen MR) is 76.3 cm³/mol. The molecule has 2 rings (SSSR count). The second kappa shape index (κ2) is 5.50. The van der Waals surface area contributed by atoms with Gasteiger partial charge >= 0.3 is 0 Å². The average molecular weight is 268 g/mol. The number of benzene rings is 1. The van der Waals surface area contributed by atoms with E-state index in [1.54, 1.807) is 0 Å². The lowest BCUT2D eigenvalue weighted by Gasteiger charge is -2.40. The molecule has 3 heteroatoms. The summed E-state index contributed by atoms with van der Waals surface area (Å²) in [6.07, 6.45) is 3.64. The molecular formula is C15H22ClNO. The van der Waals surface area contributed by atoms with Crippen LogP contribution in [0.4, 0.5) is 0 Å². The summed E-state index contributed by atoms with van der Waals surface area (Å²) in [5.74, 6) is 0.794. The molecule has 0 aromatic heterocycles. The van der Waals surface area contributed by atoms with Gasteiger partial charge in [0.2, 0.25) is 0 Å². The van der Waals surface area contributed by atoms with Crippen molar-refractivity contribution < 1.29 is 4.74 Å². The van der Waals surface area contributed by atoms with Gasteiger partial charge in [0, 0.05) is 6.04 Å². The lowest BCUT2D eigenvalue weighted by molar-refractivity contribution is 0.0559. The van der Waals surface area contributed by atoms with Crippen LogP contribution in [0.2, 0.25) is 5.02 Å². The van der Waals surface area contributed by atoms with Gasteiger partial charge in [-0.05, 0) is 43.9 Å². The van der Waals surface area contributed by atoms with Gasteiger partial charge in [-0.15, -0.1) is 0 Å². The van der Waals surface area contributed by atoms with E-state index in [1.807, 2.05) is 31.3 Å². The third-order valence-electron chi connectivity index (χ3n) is 3.82. The summed E-state index contributed by atoms with van der Waals surface area (Å²) in [5, 5.41) is 4.05. The molecule has 2 unspecified atom stereocenters. The van der Waals surface area contributed by atoms with Crippen LogP contribution >= 0.6 is 11.6 Å². The molecule has 0 radical (unpaired) electrons. The van der Waals surface area contributed by atoms with Crippen molar-refractivity contribution in [3.8, 4) is 5.75 Å². The van der Waals surface area contributed by atoms with E-state index in [0.717, 1.165) is 18.6 Å². The maximum absolute atomic E-state index is 6.16. The molecule has 18 heavy (non-hydrogen) atoms. The fourth-order valence-corrected chi connectivity index (χ4v) is 2.86. The Bertz CT molecular complexity index is 405. The average Bonchev–Trinajstić information content (AvgIpc) is 2.31. The second-order valence-electron chi connectivity index (χ2n) is 5.89. The van der Waals surface area contributed by atoms with E-state index in [2.05, 4.69) is 19.2 Å². The van der Waals surface area contributed by atoms with Crippen LogP contribution in [0, 0.1) is 5.41 Å². The second-order valence-corrected chi connectivity index (χ2v) is 6.30. The number of para-hydroxylation sites is 1. The predicted octanol–water partition coefficient (Wildman–Crippen LogP) is 3.89. The quantitative estimate of drug-likeness (QED) is 0.897. The van der Waals surface area contributed by atoms with Crippen molar-refractivity contribution >= 4 is 11.6 Å². The highest BCUT2D eigenvalue weighted by Gasteiger charge is 2.35. The molecule has 0 heterocycles. The Labute approximate surface area is 115 Å². The van der Waals surface area contributed by atoms with Gasteiger partial charge in [0.05, 0.1) is 5.02 Å². The van der Waals surface area contributed by atoms with Gasteiger partial charge in [-0.1, -0.05) is 37.6 Å². The molecule has 2 nitrogen and oxygen atoms in total. The molecule has 1 aliphatic rings. The van der Waals surface area contributed by atoms with E-state index in [1.165, 1.54) is 6.42 Å². The van der Waals surface area contributed by atoms with Crippen LogP contribution in [0.15, 0.2) is 24.3 Å². The number of likely N-dealkylation sites (N-methyl/N-ethyl adjacent to an activating group) is 1. The van der Waals surface area contributed by atoms with Crippen molar-refractivity contribution in [2.75, 3.05) is 7.05 Å². The van der Waals surface area contributed by atoms with Crippen molar-refractivity contribution in [1.29, 1.82) is 0 Å². The third kappa shape index (κ3) is 3.18.